The Labute approximate surface area is 118 Å². The van der Waals surface area contributed by atoms with Crippen LogP contribution in [-0.2, 0) is 16.0 Å². The number of carbonyl (C=O) groups excluding carboxylic acids is 1. The molecule has 0 unspecified atom stereocenters. The summed E-state index contributed by atoms with van der Waals surface area (Å²) in [6, 6.07) is 8.61. The molecule has 1 saturated heterocycles. The Morgan fingerprint density at radius 3 is 2.70 bits per heavy atom. The molecule has 2 atom stereocenters. The fraction of sp³-hybridized carbons (Fsp3) is 0.467. The van der Waals surface area contributed by atoms with Crippen LogP contribution in [0.2, 0.25) is 0 Å². The van der Waals surface area contributed by atoms with Gasteiger partial charge in [-0.1, -0.05) is 30.3 Å². The molecule has 1 aromatic rings. The van der Waals surface area contributed by atoms with Crippen LogP contribution in [0.5, 0.6) is 0 Å². The molecule has 2 rings (SSSR count). The van der Waals surface area contributed by atoms with Gasteiger partial charge in [0, 0.05) is 0 Å². The molecule has 1 aliphatic heterocycles. The number of hydrogen-bond donors (Lipinski definition) is 3. The van der Waals surface area contributed by atoms with Gasteiger partial charge in [-0.2, -0.15) is 0 Å². The lowest BCUT2D eigenvalue weighted by Crippen LogP contribution is -2.48. The van der Waals surface area contributed by atoms with Crippen LogP contribution in [0.15, 0.2) is 30.3 Å². The smallest absolute Gasteiger partial charge is 0.326 e. The largest absolute Gasteiger partial charge is 0.480 e. The van der Waals surface area contributed by atoms with E-state index in [9.17, 15) is 14.7 Å². The summed E-state index contributed by atoms with van der Waals surface area (Å²) in [7, 11) is 0. The van der Waals surface area contributed by atoms with Crippen molar-refractivity contribution in [2.75, 3.05) is 6.54 Å². The predicted octanol–water partition coefficient (Wildman–Crippen LogP) is 0.941. The van der Waals surface area contributed by atoms with E-state index in [2.05, 4.69) is 10.6 Å². The molecule has 108 valence electrons. The summed E-state index contributed by atoms with van der Waals surface area (Å²) in [4.78, 5) is 23.2. The number of rotatable bonds is 6. The summed E-state index contributed by atoms with van der Waals surface area (Å²) in [6.45, 7) is 0.819. The fourth-order valence-corrected chi connectivity index (χ4v) is 2.39. The van der Waals surface area contributed by atoms with Gasteiger partial charge >= 0.3 is 5.97 Å². The van der Waals surface area contributed by atoms with Crippen LogP contribution in [0.3, 0.4) is 0 Å². The third-order valence-corrected chi connectivity index (χ3v) is 3.56. The second-order valence-corrected chi connectivity index (χ2v) is 5.07. The van der Waals surface area contributed by atoms with Crippen molar-refractivity contribution >= 4 is 11.9 Å². The van der Waals surface area contributed by atoms with Gasteiger partial charge in [0.15, 0.2) is 0 Å². The maximum Gasteiger partial charge on any atom is 0.326 e. The summed E-state index contributed by atoms with van der Waals surface area (Å²) in [6.07, 6.45) is 2.77. The van der Waals surface area contributed by atoms with Crippen molar-refractivity contribution in [2.24, 2.45) is 0 Å². The first kappa shape index (κ1) is 14.5. The van der Waals surface area contributed by atoms with Gasteiger partial charge < -0.3 is 15.7 Å². The van der Waals surface area contributed by atoms with Crippen LogP contribution in [0.1, 0.15) is 24.8 Å². The van der Waals surface area contributed by atoms with Crippen molar-refractivity contribution in [3.8, 4) is 0 Å². The van der Waals surface area contributed by atoms with Gasteiger partial charge in [-0.25, -0.2) is 4.79 Å². The molecule has 1 aromatic carbocycles. The Morgan fingerprint density at radius 2 is 2.10 bits per heavy atom. The zero-order valence-electron chi connectivity index (χ0n) is 11.3. The van der Waals surface area contributed by atoms with Crippen LogP contribution in [0, 0.1) is 0 Å². The number of carbonyl (C=O) groups is 2. The predicted molar refractivity (Wildman–Crippen MR) is 75.4 cm³/mol. The van der Waals surface area contributed by atoms with Crippen molar-refractivity contribution in [3.63, 3.8) is 0 Å². The number of carboxylic acid groups (broad SMARTS) is 1. The second kappa shape index (κ2) is 7.05. The molecule has 3 N–H and O–H groups in total. The molecule has 1 aliphatic rings. The van der Waals surface area contributed by atoms with E-state index < -0.39 is 12.0 Å². The number of nitrogens with one attached hydrogen (secondary N) is 2. The lowest BCUT2D eigenvalue weighted by atomic mass is 10.0. The Kier molecular flexibility index (Phi) is 5.12. The highest BCUT2D eigenvalue weighted by Gasteiger charge is 2.26. The first-order valence-corrected chi connectivity index (χ1v) is 6.97. The molecule has 1 fully saturated rings. The molecule has 1 heterocycles. The van der Waals surface area contributed by atoms with Crippen molar-refractivity contribution < 1.29 is 14.7 Å². The minimum Gasteiger partial charge on any atom is -0.480 e. The van der Waals surface area contributed by atoms with Crippen LogP contribution >= 0.6 is 0 Å². The van der Waals surface area contributed by atoms with Crippen molar-refractivity contribution in [2.45, 2.75) is 37.8 Å². The zero-order valence-corrected chi connectivity index (χ0v) is 11.3. The number of benzene rings is 1. The number of aliphatic carboxylic acids is 1. The van der Waals surface area contributed by atoms with Crippen LogP contribution < -0.4 is 10.6 Å². The number of amides is 1. The highest BCUT2D eigenvalue weighted by atomic mass is 16.4. The number of aryl methyl sites for hydroxylation is 1. The molecule has 0 spiro atoms. The average Bonchev–Trinajstić information content (AvgIpc) is 2.98. The standard InChI is InChI=1S/C15H20N2O3/c18-14(12-7-4-10-16-12)17-13(15(19)20)9-8-11-5-2-1-3-6-11/h1-3,5-6,12-13,16H,4,7-10H2,(H,17,18)(H,19,20)/t12-,13+/m1/s1. The fourth-order valence-electron chi connectivity index (χ4n) is 2.39. The normalized spacial score (nSPS) is 19.5. The van der Waals surface area contributed by atoms with E-state index in [0.29, 0.717) is 12.8 Å². The maximum atomic E-state index is 11.9. The Bertz CT molecular complexity index is 455. The highest BCUT2D eigenvalue weighted by Crippen LogP contribution is 2.08. The highest BCUT2D eigenvalue weighted by molar-refractivity contribution is 5.87. The van der Waals surface area contributed by atoms with Crippen molar-refractivity contribution in [1.82, 2.24) is 10.6 Å². The van der Waals surface area contributed by atoms with E-state index in [1.165, 1.54) is 0 Å². The van der Waals surface area contributed by atoms with Gasteiger partial charge in [0.05, 0.1) is 6.04 Å². The van der Waals surface area contributed by atoms with Gasteiger partial charge in [-0.3, -0.25) is 4.79 Å². The summed E-state index contributed by atoms with van der Waals surface area (Å²) in [5.74, 6) is -1.18. The molecular formula is C15H20N2O3. The van der Waals surface area contributed by atoms with Gasteiger partial charge in [-0.15, -0.1) is 0 Å². The topological polar surface area (TPSA) is 78.4 Å². The lowest BCUT2D eigenvalue weighted by molar-refractivity contribution is -0.142. The molecule has 20 heavy (non-hydrogen) atoms. The molecule has 1 amide bonds. The van der Waals surface area contributed by atoms with E-state index >= 15 is 0 Å². The molecule has 5 heteroatoms. The van der Waals surface area contributed by atoms with Gasteiger partial charge in [0.2, 0.25) is 5.91 Å². The third-order valence-electron chi connectivity index (χ3n) is 3.56. The molecule has 0 aliphatic carbocycles. The summed E-state index contributed by atoms with van der Waals surface area (Å²) in [5.41, 5.74) is 1.08. The molecule has 0 saturated carbocycles. The second-order valence-electron chi connectivity index (χ2n) is 5.07. The minimum atomic E-state index is -0.979. The Hall–Kier alpha value is -1.88. The maximum absolute atomic E-state index is 11.9. The first-order chi connectivity index (χ1) is 9.66. The van der Waals surface area contributed by atoms with Gasteiger partial charge in [-0.05, 0) is 37.8 Å². The average molecular weight is 276 g/mol. The zero-order chi connectivity index (χ0) is 14.4. The molecular weight excluding hydrogens is 256 g/mol. The van der Waals surface area contributed by atoms with Crippen LogP contribution in [0.25, 0.3) is 0 Å². The number of hydrogen-bond acceptors (Lipinski definition) is 3. The van der Waals surface area contributed by atoms with Crippen LogP contribution in [-0.4, -0.2) is 35.6 Å². The SMILES string of the molecule is O=C(O)[C@H](CCc1ccccc1)NC(=O)[C@H]1CCCN1. The number of carboxylic acids is 1. The van der Waals surface area contributed by atoms with Crippen molar-refractivity contribution in [3.05, 3.63) is 35.9 Å². The van der Waals surface area contributed by atoms with E-state index in [0.717, 1.165) is 24.9 Å². The van der Waals surface area contributed by atoms with Crippen molar-refractivity contribution in [1.29, 1.82) is 0 Å². The third kappa shape index (κ3) is 4.06. The van der Waals surface area contributed by atoms with E-state index in [4.69, 9.17) is 0 Å². The van der Waals surface area contributed by atoms with E-state index in [1.807, 2.05) is 30.3 Å². The summed E-state index contributed by atoms with van der Waals surface area (Å²) < 4.78 is 0. The monoisotopic (exact) mass is 276 g/mol. The molecule has 0 radical (unpaired) electrons. The van der Waals surface area contributed by atoms with Gasteiger partial charge in [0.25, 0.3) is 0 Å². The van der Waals surface area contributed by atoms with E-state index in [1.54, 1.807) is 0 Å². The molecule has 0 aromatic heterocycles. The van der Waals surface area contributed by atoms with Crippen LogP contribution in [0.4, 0.5) is 0 Å². The first-order valence-electron chi connectivity index (χ1n) is 6.97. The summed E-state index contributed by atoms with van der Waals surface area (Å²) in [5, 5.41) is 14.9. The lowest BCUT2D eigenvalue weighted by Gasteiger charge is -2.17. The molecule has 5 nitrogen and oxygen atoms in total. The quantitative estimate of drug-likeness (QED) is 0.722. The Balaban J connectivity index is 1.87. The van der Waals surface area contributed by atoms with E-state index in [-0.39, 0.29) is 11.9 Å². The summed E-state index contributed by atoms with van der Waals surface area (Å²) >= 11 is 0. The van der Waals surface area contributed by atoms with Gasteiger partial charge in [0.1, 0.15) is 6.04 Å². The minimum absolute atomic E-state index is 0.206. The Morgan fingerprint density at radius 1 is 1.35 bits per heavy atom. The molecule has 0 bridgehead atoms.